The standard InChI is InChI=1S/C12H16N2S2/c1-7(2)5-15-11-10-8(3)9(4)16-12(10)14-6-13-11/h6-7H,5H2,1-4H3. The van der Waals surface area contributed by atoms with Gasteiger partial charge in [-0.15, -0.1) is 23.1 Å². The van der Waals surface area contributed by atoms with Crippen LogP contribution in [-0.4, -0.2) is 15.7 Å². The molecule has 2 aromatic heterocycles. The van der Waals surface area contributed by atoms with Crippen molar-refractivity contribution in [2.75, 3.05) is 5.75 Å². The van der Waals surface area contributed by atoms with Crippen molar-refractivity contribution in [1.29, 1.82) is 0 Å². The van der Waals surface area contributed by atoms with Crippen LogP contribution in [0.1, 0.15) is 24.3 Å². The summed E-state index contributed by atoms with van der Waals surface area (Å²) in [6, 6.07) is 0. The predicted octanol–water partition coefficient (Wildman–Crippen LogP) is 4.06. The average molecular weight is 252 g/mol. The van der Waals surface area contributed by atoms with E-state index in [1.165, 1.54) is 15.8 Å². The van der Waals surface area contributed by atoms with E-state index in [1.807, 2.05) is 11.8 Å². The molecule has 86 valence electrons. The zero-order valence-corrected chi connectivity index (χ0v) is 11.7. The van der Waals surface area contributed by atoms with Crippen LogP contribution in [-0.2, 0) is 0 Å². The SMILES string of the molecule is Cc1sc2ncnc(SCC(C)C)c2c1C. The van der Waals surface area contributed by atoms with Crippen LogP contribution in [0.2, 0.25) is 0 Å². The van der Waals surface area contributed by atoms with Gasteiger partial charge in [-0.3, -0.25) is 0 Å². The second-order valence-electron chi connectivity index (χ2n) is 4.35. The number of hydrogen-bond donors (Lipinski definition) is 0. The van der Waals surface area contributed by atoms with Crippen molar-refractivity contribution in [2.45, 2.75) is 32.7 Å². The van der Waals surface area contributed by atoms with Gasteiger partial charge in [-0.25, -0.2) is 9.97 Å². The van der Waals surface area contributed by atoms with Crippen molar-refractivity contribution < 1.29 is 0 Å². The third kappa shape index (κ3) is 2.23. The Morgan fingerprint density at radius 2 is 2.06 bits per heavy atom. The molecule has 0 N–H and O–H groups in total. The molecular formula is C12H16N2S2. The van der Waals surface area contributed by atoms with Crippen LogP contribution in [0.15, 0.2) is 11.4 Å². The molecule has 2 nitrogen and oxygen atoms in total. The van der Waals surface area contributed by atoms with E-state index in [4.69, 9.17) is 0 Å². The third-order valence-electron chi connectivity index (χ3n) is 2.48. The molecule has 0 saturated heterocycles. The molecule has 0 fully saturated rings. The van der Waals surface area contributed by atoms with Crippen LogP contribution in [0, 0.1) is 19.8 Å². The van der Waals surface area contributed by atoms with E-state index >= 15 is 0 Å². The average Bonchev–Trinajstić information content (AvgIpc) is 2.52. The molecule has 0 unspecified atom stereocenters. The van der Waals surface area contributed by atoms with Gasteiger partial charge in [0.2, 0.25) is 0 Å². The van der Waals surface area contributed by atoms with Crippen molar-refractivity contribution in [3.63, 3.8) is 0 Å². The molecule has 0 bridgehead atoms. The number of aromatic nitrogens is 2. The van der Waals surface area contributed by atoms with Gasteiger partial charge in [0.25, 0.3) is 0 Å². The lowest BCUT2D eigenvalue weighted by atomic mass is 10.2. The zero-order valence-electron chi connectivity index (χ0n) is 10.1. The Morgan fingerprint density at radius 1 is 1.31 bits per heavy atom. The molecule has 0 aliphatic heterocycles. The summed E-state index contributed by atoms with van der Waals surface area (Å²) in [4.78, 5) is 11.2. The number of hydrogen-bond acceptors (Lipinski definition) is 4. The summed E-state index contributed by atoms with van der Waals surface area (Å²) in [7, 11) is 0. The Bertz CT molecular complexity index is 503. The molecule has 2 aromatic rings. The maximum atomic E-state index is 4.41. The minimum Gasteiger partial charge on any atom is -0.229 e. The maximum Gasteiger partial charge on any atom is 0.128 e. The second kappa shape index (κ2) is 4.72. The Morgan fingerprint density at radius 3 is 2.75 bits per heavy atom. The molecule has 0 saturated carbocycles. The molecule has 2 rings (SSSR count). The maximum absolute atomic E-state index is 4.41. The monoisotopic (exact) mass is 252 g/mol. The summed E-state index contributed by atoms with van der Waals surface area (Å²) in [5.41, 5.74) is 1.34. The number of thioether (sulfide) groups is 1. The van der Waals surface area contributed by atoms with Crippen molar-refractivity contribution >= 4 is 33.3 Å². The van der Waals surface area contributed by atoms with Crippen molar-refractivity contribution in [3.8, 4) is 0 Å². The van der Waals surface area contributed by atoms with Crippen LogP contribution in [0.5, 0.6) is 0 Å². The minimum atomic E-state index is 0.690. The fraction of sp³-hybridized carbons (Fsp3) is 0.500. The van der Waals surface area contributed by atoms with Crippen LogP contribution in [0.4, 0.5) is 0 Å². The molecule has 4 heteroatoms. The zero-order chi connectivity index (χ0) is 11.7. The van der Waals surface area contributed by atoms with Crippen molar-refractivity contribution in [3.05, 3.63) is 16.8 Å². The van der Waals surface area contributed by atoms with E-state index in [1.54, 1.807) is 17.7 Å². The van der Waals surface area contributed by atoms with Crippen molar-refractivity contribution in [2.24, 2.45) is 5.92 Å². The second-order valence-corrected chi connectivity index (χ2v) is 6.56. The number of nitrogens with zero attached hydrogens (tertiary/aromatic N) is 2. The molecule has 0 aliphatic carbocycles. The van der Waals surface area contributed by atoms with Gasteiger partial charge >= 0.3 is 0 Å². The van der Waals surface area contributed by atoms with E-state index in [0.717, 1.165) is 15.6 Å². The van der Waals surface area contributed by atoms with E-state index < -0.39 is 0 Å². The summed E-state index contributed by atoms with van der Waals surface area (Å²) in [6.07, 6.45) is 1.68. The van der Waals surface area contributed by atoms with Gasteiger partial charge in [0.1, 0.15) is 16.2 Å². The van der Waals surface area contributed by atoms with Gasteiger partial charge in [-0.2, -0.15) is 0 Å². The molecule has 0 aliphatic rings. The number of aryl methyl sites for hydroxylation is 2. The first-order valence-corrected chi connectivity index (χ1v) is 7.23. The highest BCUT2D eigenvalue weighted by Crippen LogP contribution is 2.34. The fourth-order valence-corrected chi connectivity index (χ4v) is 3.57. The lowest BCUT2D eigenvalue weighted by Gasteiger charge is -2.05. The van der Waals surface area contributed by atoms with E-state index in [2.05, 4.69) is 37.7 Å². The lowest BCUT2D eigenvalue weighted by molar-refractivity contribution is 0.749. The third-order valence-corrected chi connectivity index (χ3v) is 5.02. The summed E-state index contributed by atoms with van der Waals surface area (Å²) in [5.74, 6) is 1.80. The molecule has 0 aromatic carbocycles. The van der Waals surface area contributed by atoms with Gasteiger partial charge in [0.15, 0.2) is 0 Å². The van der Waals surface area contributed by atoms with Gasteiger partial charge in [-0.05, 0) is 25.3 Å². The Hall–Kier alpha value is -0.610. The van der Waals surface area contributed by atoms with Crippen LogP contribution < -0.4 is 0 Å². The molecule has 0 atom stereocenters. The van der Waals surface area contributed by atoms with E-state index in [-0.39, 0.29) is 0 Å². The summed E-state index contributed by atoms with van der Waals surface area (Å²) in [5, 5.41) is 2.40. The van der Waals surface area contributed by atoms with Crippen molar-refractivity contribution in [1.82, 2.24) is 9.97 Å². The van der Waals surface area contributed by atoms with Crippen LogP contribution in [0.25, 0.3) is 10.2 Å². The Labute approximate surface area is 105 Å². The summed E-state index contributed by atoms with van der Waals surface area (Å²) in [6.45, 7) is 8.78. The van der Waals surface area contributed by atoms with Crippen LogP contribution in [0.3, 0.4) is 0 Å². The smallest absolute Gasteiger partial charge is 0.128 e. The molecule has 0 radical (unpaired) electrons. The summed E-state index contributed by atoms with van der Waals surface area (Å²) >= 11 is 3.60. The number of thiophene rings is 1. The molecule has 0 amide bonds. The fourth-order valence-electron chi connectivity index (χ4n) is 1.51. The van der Waals surface area contributed by atoms with Gasteiger partial charge in [0, 0.05) is 16.0 Å². The number of fused-ring (bicyclic) bond motifs is 1. The normalized spacial score (nSPS) is 11.6. The Balaban J connectivity index is 2.44. The van der Waals surface area contributed by atoms with Gasteiger partial charge in [-0.1, -0.05) is 13.8 Å². The first kappa shape index (κ1) is 11.9. The molecule has 0 spiro atoms. The van der Waals surface area contributed by atoms with E-state index in [0.29, 0.717) is 5.92 Å². The van der Waals surface area contributed by atoms with Gasteiger partial charge < -0.3 is 0 Å². The minimum absolute atomic E-state index is 0.690. The highest BCUT2D eigenvalue weighted by atomic mass is 32.2. The number of rotatable bonds is 3. The predicted molar refractivity (Wildman–Crippen MR) is 72.5 cm³/mol. The first-order valence-electron chi connectivity index (χ1n) is 5.43. The lowest BCUT2D eigenvalue weighted by Crippen LogP contribution is -1.92. The molecule has 16 heavy (non-hydrogen) atoms. The highest BCUT2D eigenvalue weighted by molar-refractivity contribution is 7.99. The summed E-state index contributed by atoms with van der Waals surface area (Å²) < 4.78 is 0. The highest BCUT2D eigenvalue weighted by Gasteiger charge is 2.12. The topological polar surface area (TPSA) is 25.8 Å². The largest absolute Gasteiger partial charge is 0.229 e. The van der Waals surface area contributed by atoms with Crippen LogP contribution >= 0.6 is 23.1 Å². The Kier molecular flexibility index (Phi) is 3.50. The van der Waals surface area contributed by atoms with E-state index in [9.17, 15) is 0 Å². The molecular weight excluding hydrogens is 236 g/mol. The molecule has 2 heterocycles. The van der Waals surface area contributed by atoms with Gasteiger partial charge in [0.05, 0.1) is 0 Å². The first-order chi connectivity index (χ1) is 7.59. The quantitative estimate of drug-likeness (QED) is 0.608.